The van der Waals surface area contributed by atoms with Crippen LogP contribution in [0.15, 0.2) is 60.7 Å². The Labute approximate surface area is 121 Å². The van der Waals surface area contributed by atoms with E-state index < -0.39 is 0 Å². The van der Waals surface area contributed by atoms with E-state index in [2.05, 4.69) is 19.1 Å². The molecule has 2 aromatic carbocycles. The summed E-state index contributed by atoms with van der Waals surface area (Å²) in [6.07, 6.45) is 4.18. The Bertz CT molecular complexity index is 573. The lowest BCUT2D eigenvalue weighted by molar-refractivity contribution is 0.871. The van der Waals surface area contributed by atoms with E-state index in [0.717, 1.165) is 35.2 Å². The molecular formula is C18H22N2. The molecule has 104 valence electrons. The Balaban J connectivity index is 2.26. The highest BCUT2D eigenvalue weighted by atomic mass is 14.6. The molecule has 2 aromatic rings. The van der Waals surface area contributed by atoms with Crippen LogP contribution in [-0.2, 0) is 0 Å². The van der Waals surface area contributed by atoms with E-state index in [9.17, 15) is 0 Å². The van der Waals surface area contributed by atoms with E-state index in [4.69, 9.17) is 11.5 Å². The SMILES string of the molecule is CCC/C=C(\N)c1cccc(C(N)c2ccccc2)c1. The van der Waals surface area contributed by atoms with Crippen LogP contribution in [0.3, 0.4) is 0 Å². The second kappa shape index (κ2) is 6.92. The third-order valence-corrected chi connectivity index (χ3v) is 3.39. The van der Waals surface area contributed by atoms with Gasteiger partial charge >= 0.3 is 0 Å². The van der Waals surface area contributed by atoms with Crippen molar-refractivity contribution >= 4 is 5.70 Å². The van der Waals surface area contributed by atoms with E-state index >= 15 is 0 Å². The van der Waals surface area contributed by atoms with Crippen LogP contribution in [0.4, 0.5) is 0 Å². The average Bonchev–Trinajstić information content (AvgIpc) is 2.52. The lowest BCUT2D eigenvalue weighted by Gasteiger charge is -2.14. The van der Waals surface area contributed by atoms with Gasteiger partial charge in [0.2, 0.25) is 0 Å². The van der Waals surface area contributed by atoms with Crippen molar-refractivity contribution in [2.24, 2.45) is 11.5 Å². The summed E-state index contributed by atoms with van der Waals surface area (Å²) >= 11 is 0. The van der Waals surface area contributed by atoms with Crippen molar-refractivity contribution in [3.8, 4) is 0 Å². The number of hydrogen-bond acceptors (Lipinski definition) is 2. The zero-order valence-corrected chi connectivity index (χ0v) is 11.9. The molecular weight excluding hydrogens is 244 g/mol. The Hall–Kier alpha value is -2.06. The fourth-order valence-electron chi connectivity index (χ4n) is 2.18. The van der Waals surface area contributed by atoms with E-state index in [1.807, 2.05) is 48.5 Å². The van der Waals surface area contributed by atoms with Crippen molar-refractivity contribution in [2.45, 2.75) is 25.8 Å². The van der Waals surface area contributed by atoms with Crippen molar-refractivity contribution in [1.82, 2.24) is 0 Å². The van der Waals surface area contributed by atoms with Gasteiger partial charge < -0.3 is 11.5 Å². The summed E-state index contributed by atoms with van der Waals surface area (Å²) in [5, 5.41) is 0. The summed E-state index contributed by atoms with van der Waals surface area (Å²) in [5.41, 5.74) is 16.5. The summed E-state index contributed by atoms with van der Waals surface area (Å²) < 4.78 is 0. The molecule has 1 atom stereocenters. The average molecular weight is 266 g/mol. The molecule has 0 aliphatic rings. The summed E-state index contributed by atoms with van der Waals surface area (Å²) in [5.74, 6) is 0. The molecule has 0 saturated heterocycles. The predicted octanol–water partition coefficient (Wildman–Crippen LogP) is 3.83. The second-order valence-electron chi connectivity index (χ2n) is 4.96. The fourth-order valence-corrected chi connectivity index (χ4v) is 2.18. The molecule has 0 amide bonds. The smallest absolute Gasteiger partial charge is 0.0551 e. The number of hydrogen-bond donors (Lipinski definition) is 2. The fraction of sp³-hybridized carbons (Fsp3) is 0.222. The highest BCUT2D eigenvalue weighted by Crippen LogP contribution is 2.22. The van der Waals surface area contributed by atoms with Gasteiger partial charge in [0.25, 0.3) is 0 Å². The maximum atomic E-state index is 6.33. The van der Waals surface area contributed by atoms with Gasteiger partial charge in [0.05, 0.1) is 6.04 Å². The standard InChI is InChI=1S/C18H22N2/c1-2-3-12-17(19)15-10-7-11-16(13-15)18(20)14-8-5-4-6-9-14/h4-13,18H,2-3,19-20H2,1H3/b17-12-. The molecule has 0 spiro atoms. The summed E-state index contributed by atoms with van der Waals surface area (Å²) in [6, 6.07) is 18.2. The van der Waals surface area contributed by atoms with Gasteiger partial charge in [-0.05, 0) is 29.2 Å². The molecule has 20 heavy (non-hydrogen) atoms. The highest BCUT2D eigenvalue weighted by molar-refractivity contribution is 5.63. The van der Waals surface area contributed by atoms with Crippen LogP contribution < -0.4 is 11.5 Å². The topological polar surface area (TPSA) is 52.0 Å². The highest BCUT2D eigenvalue weighted by Gasteiger charge is 2.09. The normalized spacial score (nSPS) is 13.2. The zero-order valence-electron chi connectivity index (χ0n) is 11.9. The minimum absolute atomic E-state index is 0.116. The quantitative estimate of drug-likeness (QED) is 0.864. The molecule has 0 radical (unpaired) electrons. The molecule has 0 aliphatic heterocycles. The first kappa shape index (κ1) is 14.4. The second-order valence-corrected chi connectivity index (χ2v) is 4.96. The number of nitrogens with two attached hydrogens (primary N) is 2. The first-order valence-electron chi connectivity index (χ1n) is 7.09. The number of rotatable bonds is 5. The summed E-state index contributed by atoms with van der Waals surface area (Å²) in [4.78, 5) is 0. The van der Waals surface area contributed by atoms with Crippen molar-refractivity contribution < 1.29 is 0 Å². The molecule has 0 aromatic heterocycles. The summed E-state index contributed by atoms with van der Waals surface area (Å²) in [6.45, 7) is 2.14. The first-order chi connectivity index (χ1) is 9.72. The van der Waals surface area contributed by atoms with Crippen molar-refractivity contribution in [3.63, 3.8) is 0 Å². The number of allylic oxidation sites excluding steroid dienone is 1. The van der Waals surface area contributed by atoms with Crippen LogP contribution in [0.2, 0.25) is 0 Å². The molecule has 2 rings (SSSR count). The van der Waals surface area contributed by atoms with Crippen LogP contribution in [-0.4, -0.2) is 0 Å². The van der Waals surface area contributed by atoms with Gasteiger partial charge in [-0.2, -0.15) is 0 Å². The monoisotopic (exact) mass is 266 g/mol. The van der Waals surface area contributed by atoms with Crippen LogP contribution in [0.1, 0.15) is 42.5 Å². The van der Waals surface area contributed by atoms with E-state index in [1.165, 1.54) is 0 Å². The van der Waals surface area contributed by atoms with Crippen molar-refractivity contribution in [2.75, 3.05) is 0 Å². The van der Waals surface area contributed by atoms with Crippen LogP contribution in [0, 0.1) is 0 Å². The molecule has 4 N–H and O–H groups in total. The van der Waals surface area contributed by atoms with E-state index in [-0.39, 0.29) is 6.04 Å². The zero-order chi connectivity index (χ0) is 14.4. The molecule has 0 heterocycles. The molecule has 0 aliphatic carbocycles. The largest absolute Gasteiger partial charge is 0.399 e. The molecule has 0 fully saturated rings. The van der Waals surface area contributed by atoms with Gasteiger partial charge in [0, 0.05) is 5.70 Å². The Morgan fingerprint density at radius 3 is 2.45 bits per heavy atom. The van der Waals surface area contributed by atoms with Gasteiger partial charge in [-0.1, -0.05) is 68.0 Å². The van der Waals surface area contributed by atoms with E-state index in [1.54, 1.807) is 0 Å². The lowest BCUT2D eigenvalue weighted by Crippen LogP contribution is -2.12. The van der Waals surface area contributed by atoms with Gasteiger partial charge in [-0.25, -0.2) is 0 Å². The molecule has 2 nitrogen and oxygen atoms in total. The third-order valence-electron chi connectivity index (χ3n) is 3.39. The van der Waals surface area contributed by atoms with Crippen molar-refractivity contribution in [1.29, 1.82) is 0 Å². The Kier molecular flexibility index (Phi) is 4.97. The Morgan fingerprint density at radius 2 is 1.75 bits per heavy atom. The minimum atomic E-state index is -0.116. The number of unbranched alkanes of at least 4 members (excludes halogenated alkanes) is 1. The lowest BCUT2D eigenvalue weighted by atomic mass is 9.97. The molecule has 0 saturated carbocycles. The first-order valence-corrected chi connectivity index (χ1v) is 7.09. The Morgan fingerprint density at radius 1 is 1.05 bits per heavy atom. The van der Waals surface area contributed by atoms with Gasteiger partial charge in [0.15, 0.2) is 0 Å². The van der Waals surface area contributed by atoms with Crippen LogP contribution in [0.5, 0.6) is 0 Å². The summed E-state index contributed by atoms with van der Waals surface area (Å²) in [7, 11) is 0. The van der Waals surface area contributed by atoms with Crippen molar-refractivity contribution in [3.05, 3.63) is 77.4 Å². The maximum Gasteiger partial charge on any atom is 0.0551 e. The minimum Gasteiger partial charge on any atom is -0.399 e. The molecule has 0 bridgehead atoms. The van der Waals surface area contributed by atoms with E-state index in [0.29, 0.717) is 0 Å². The predicted molar refractivity (Wildman–Crippen MR) is 86.0 cm³/mol. The van der Waals surface area contributed by atoms with Gasteiger partial charge in [0.1, 0.15) is 0 Å². The van der Waals surface area contributed by atoms with Crippen LogP contribution in [0.25, 0.3) is 5.70 Å². The van der Waals surface area contributed by atoms with Crippen LogP contribution >= 0.6 is 0 Å². The maximum absolute atomic E-state index is 6.33. The third kappa shape index (κ3) is 3.49. The van der Waals surface area contributed by atoms with Gasteiger partial charge in [-0.15, -0.1) is 0 Å². The van der Waals surface area contributed by atoms with Gasteiger partial charge in [-0.3, -0.25) is 0 Å². The number of benzene rings is 2. The molecule has 1 unspecified atom stereocenters. The molecule has 2 heteroatoms.